The van der Waals surface area contributed by atoms with Crippen molar-refractivity contribution in [2.75, 3.05) is 6.61 Å². The molecule has 3 atom stereocenters. The van der Waals surface area contributed by atoms with E-state index in [1.165, 1.54) is 212 Å². The van der Waals surface area contributed by atoms with Crippen LogP contribution in [-0.4, -0.2) is 46.1 Å². The number of hydrogen-bond donors (Lipinski definition) is 4. The van der Waals surface area contributed by atoms with Gasteiger partial charge in [0.15, 0.2) is 0 Å². The third-order valence-electron chi connectivity index (χ3n) is 12.4. The van der Waals surface area contributed by atoms with Crippen molar-refractivity contribution in [2.45, 2.75) is 302 Å². The van der Waals surface area contributed by atoms with E-state index in [-0.39, 0.29) is 12.5 Å². The highest BCUT2D eigenvalue weighted by atomic mass is 16.3. The summed E-state index contributed by atoms with van der Waals surface area (Å²) in [5, 5.41) is 33.7. The molecule has 0 fully saturated rings. The van der Waals surface area contributed by atoms with Gasteiger partial charge in [-0.25, -0.2) is 0 Å². The molecule has 354 valence electrons. The zero-order chi connectivity index (χ0) is 43.7. The smallest absolute Gasteiger partial charge is 0.220 e. The lowest BCUT2D eigenvalue weighted by atomic mass is 10.0. The summed E-state index contributed by atoms with van der Waals surface area (Å²) in [4.78, 5) is 12.5. The topological polar surface area (TPSA) is 89.8 Å². The van der Waals surface area contributed by atoms with Crippen LogP contribution in [0, 0.1) is 0 Å². The zero-order valence-corrected chi connectivity index (χ0v) is 40.4. The monoisotopic (exact) mass is 844 g/mol. The van der Waals surface area contributed by atoms with Gasteiger partial charge in [0.05, 0.1) is 18.8 Å². The molecule has 5 nitrogen and oxygen atoms in total. The second kappa shape index (κ2) is 50.2. The number of carbonyl (C=O) groups excluding carboxylic acids is 1. The van der Waals surface area contributed by atoms with Crippen LogP contribution < -0.4 is 5.32 Å². The standard InChI is InChI=1S/C55H105NO4/c1-3-5-7-9-11-13-15-17-19-21-23-25-26-27-28-29-30-32-34-36-38-40-42-44-46-48-50-54(59)56-52(51-57)55(60)53(58)49-47-45-43-41-39-37-35-33-31-24-22-20-18-16-14-12-10-8-6-4-2/h27-28,33,35,41,43,52-53,55,57-58,60H,3-26,29-32,34,36-40,42,44-51H2,1-2H3,(H,56,59)/b28-27-,35-33+,43-41+. The average molecular weight is 844 g/mol. The van der Waals surface area contributed by atoms with Gasteiger partial charge in [-0.3, -0.25) is 4.79 Å². The van der Waals surface area contributed by atoms with Crippen molar-refractivity contribution in [3.8, 4) is 0 Å². The lowest BCUT2D eigenvalue weighted by Crippen LogP contribution is -2.50. The fraction of sp³-hybridized carbons (Fsp3) is 0.873. The predicted molar refractivity (Wildman–Crippen MR) is 264 cm³/mol. The van der Waals surface area contributed by atoms with Crippen molar-refractivity contribution < 1.29 is 20.1 Å². The Morgan fingerprint density at radius 2 is 0.683 bits per heavy atom. The van der Waals surface area contributed by atoms with Crippen LogP contribution in [0.15, 0.2) is 36.5 Å². The predicted octanol–water partition coefficient (Wildman–Crippen LogP) is 16.3. The fourth-order valence-electron chi connectivity index (χ4n) is 8.29. The number of nitrogens with one attached hydrogen (secondary N) is 1. The van der Waals surface area contributed by atoms with Gasteiger partial charge >= 0.3 is 0 Å². The Morgan fingerprint density at radius 1 is 0.400 bits per heavy atom. The first-order valence-corrected chi connectivity index (χ1v) is 26.8. The number of allylic oxidation sites excluding steroid dienone is 6. The minimum Gasteiger partial charge on any atom is -0.394 e. The Balaban J connectivity index is 3.61. The maximum absolute atomic E-state index is 12.5. The van der Waals surface area contributed by atoms with Crippen molar-refractivity contribution in [1.29, 1.82) is 0 Å². The van der Waals surface area contributed by atoms with Crippen molar-refractivity contribution in [2.24, 2.45) is 0 Å². The molecule has 0 bridgehead atoms. The Bertz CT molecular complexity index is 931. The van der Waals surface area contributed by atoms with Gasteiger partial charge in [0.25, 0.3) is 0 Å². The SMILES string of the molecule is CCCCCCCCCCCCC/C=C/CC/C=C/CCCC(O)C(O)C(CO)NC(=O)CCCCCCCCCCCC/C=C\CCCCCCCCCCCCCC. The number of rotatable bonds is 49. The zero-order valence-electron chi connectivity index (χ0n) is 40.4. The first kappa shape index (κ1) is 58.6. The summed E-state index contributed by atoms with van der Waals surface area (Å²) in [6, 6.07) is -0.833. The van der Waals surface area contributed by atoms with E-state index in [4.69, 9.17) is 0 Å². The van der Waals surface area contributed by atoms with Crippen molar-refractivity contribution in [3.05, 3.63) is 36.5 Å². The van der Waals surface area contributed by atoms with Gasteiger partial charge in [-0.15, -0.1) is 0 Å². The van der Waals surface area contributed by atoms with E-state index in [9.17, 15) is 20.1 Å². The summed E-state index contributed by atoms with van der Waals surface area (Å²) in [6.07, 6.45) is 64.3. The van der Waals surface area contributed by atoms with Gasteiger partial charge in [0.1, 0.15) is 6.10 Å². The third-order valence-corrected chi connectivity index (χ3v) is 12.4. The van der Waals surface area contributed by atoms with Gasteiger partial charge in [0.2, 0.25) is 5.91 Å². The number of carbonyl (C=O) groups is 1. The first-order chi connectivity index (χ1) is 29.6. The molecule has 0 aliphatic carbocycles. The van der Waals surface area contributed by atoms with Crippen LogP contribution in [-0.2, 0) is 4.79 Å². The summed E-state index contributed by atoms with van der Waals surface area (Å²) < 4.78 is 0. The molecule has 3 unspecified atom stereocenters. The maximum Gasteiger partial charge on any atom is 0.220 e. The number of amides is 1. The third kappa shape index (κ3) is 44.6. The highest BCUT2D eigenvalue weighted by Crippen LogP contribution is 2.16. The fourth-order valence-corrected chi connectivity index (χ4v) is 8.29. The molecular weight excluding hydrogens is 739 g/mol. The summed E-state index contributed by atoms with van der Waals surface area (Å²) in [7, 11) is 0. The molecule has 0 saturated heterocycles. The molecule has 0 aromatic heterocycles. The van der Waals surface area contributed by atoms with Gasteiger partial charge < -0.3 is 20.6 Å². The second-order valence-electron chi connectivity index (χ2n) is 18.4. The average Bonchev–Trinajstić information content (AvgIpc) is 3.25. The van der Waals surface area contributed by atoms with Gasteiger partial charge in [0, 0.05) is 6.42 Å². The molecule has 0 spiro atoms. The summed E-state index contributed by atoms with van der Waals surface area (Å²) >= 11 is 0. The van der Waals surface area contributed by atoms with Gasteiger partial charge in [-0.1, -0.05) is 237 Å². The molecule has 4 N–H and O–H groups in total. The first-order valence-electron chi connectivity index (χ1n) is 26.8. The van der Waals surface area contributed by atoms with E-state index in [2.05, 4.69) is 55.6 Å². The van der Waals surface area contributed by atoms with Crippen LogP contribution in [0.1, 0.15) is 284 Å². The minimum absolute atomic E-state index is 0.157. The molecule has 0 saturated carbocycles. The van der Waals surface area contributed by atoms with E-state index in [1.807, 2.05) is 0 Å². The Labute approximate surface area is 374 Å². The van der Waals surface area contributed by atoms with Crippen LogP contribution in [0.5, 0.6) is 0 Å². The molecular formula is C55H105NO4. The second-order valence-corrected chi connectivity index (χ2v) is 18.4. The van der Waals surface area contributed by atoms with Crippen LogP contribution in [0.4, 0.5) is 0 Å². The van der Waals surface area contributed by atoms with Gasteiger partial charge in [-0.2, -0.15) is 0 Å². The van der Waals surface area contributed by atoms with E-state index in [1.54, 1.807) is 0 Å². The molecule has 0 rings (SSSR count). The molecule has 60 heavy (non-hydrogen) atoms. The highest BCUT2D eigenvalue weighted by Gasteiger charge is 2.26. The molecule has 0 radical (unpaired) electrons. The van der Waals surface area contributed by atoms with Crippen LogP contribution in [0.25, 0.3) is 0 Å². The maximum atomic E-state index is 12.5. The van der Waals surface area contributed by atoms with Crippen molar-refractivity contribution in [3.63, 3.8) is 0 Å². The number of aliphatic hydroxyl groups is 3. The Morgan fingerprint density at radius 3 is 1.02 bits per heavy atom. The number of hydrogen-bond acceptors (Lipinski definition) is 4. The van der Waals surface area contributed by atoms with Crippen molar-refractivity contribution in [1.82, 2.24) is 5.32 Å². The summed E-state index contributed by atoms with van der Waals surface area (Å²) in [5.74, 6) is -0.157. The van der Waals surface area contributed by atoms with E-state index in [0.29, 0.717) is 12.8 Å². The minimum atomic E-state index is -1.17. The quantitative estimate of drug-likeness (QED) is 0.0363. The lowest BCUT2D eigenvalue weighted by Gasteiger charge is -2.26. The summed E-state index contributed by atoms with van der Waals surface area (Å²) in [5.41, 5.74) is 0. The molecule has 5 heteroatoms. The highest BCUT2D eigenvalue weighted by molar-refractivity contribution is 5.76. The Kier molecular flexibility index (Phi) is 49.0. The molecule has 0 aliphatic heterocycles. The molecule has 0 aromatic carbocycles. The molecule has 1 amide bonds. The number of aliphatic hydroxyl groups excluding tert-OH is 3. The van der Waals surface area contributed by atoms with Crippen LogP contribution in [0.2, 0.25) is 0 Å². The van der Waals surface area contributed by atoms with Crippen LogP contribution >= 0.6 is 0 Å². The van der Waals surface area contributed by atoms with Crippen LogP contribution in [0.3, 0.4) is 0 Å². The largest absolute Gasteiger partial charge is 0.394 e. The van der Waals surface area contributed by atoms with Gasteiger partial charge in [-0.05, 0) is 77.0 Å². The molecule has 0 heterocycles. The lowest BCUT2D eigenvalue weighted by molar-refractivity contribution is -0.124. The van der Waals surface area contributed by atoms with E-state index < -0.39 is 18.2 Å². The summed E-state index contributed by atoms with van der Waals surface area (Å²) in [6.45, 7) is 4.19. The molecule has 0 aromatic rings. The van der Waals surface area contributed by atoms with E-state index in [0.717, 1.165) is 44.9 Å². The normalized spacial score (nSPS) is 13.6. The Hall–Kier alpha value is -1.43. The molecule has 0 aliphatic rings. The number of unbranched alkanes of at least 4 members (excludes halogenated alkanes) is 35. The van der Waals surface area contributed by atoms with Crippen molar-refractivity contribution >= 4 is 5.91 Å². The van der Waals surface area contributed by atoms with E-state index >= 15 is 0 Å².